The largest absolute Gasteiger partial charge is 0.352 e. The Bertz CT molecular complexity index is 601. The van der Waals surface area contributed by atoms with Crippen molar-refractivity contribution in [3.63, 3.8) is 0 Å². The third-order valence-electron chi connectivity index (χ3n) is 3.03. The van der Waals surface area contributed by atoms with Crippen LogP contribution in [0.2, 0.25) is 10.0 Å². The van der Waals surface area contributed by atoms with Gasteiger partial charge in [0.2, 0.25) is 0 Å². The van der Waals surface area contributed by atoms with Gasteiger partial charge in [-0.15, -0.1) is 0 Å². The van der Waals surface area contributed by atoms with Crippen LogP contribution in [0.4, 0.5) is 0 Å². The molecule has 0 bridgehead atoms. The number of H-pyrrole nitrogens is 1. The van der Waals surface area contributed by atoms with Gasteiger partial charge in [-0.3, -0.25) is 4.79 Å². The van der Waals surface area contributed by atoms with Gasteiger partial charge in [-0.25, -0.2) is 0 Å². The fourth-order valence-corrected chi connectivity index (χ4v) is 2.96. The van der Waals surface area contributed by atoms with E-state index in [2.05, 4.69) is 4.98 Å². The molecule has 2 aromatic rings. The first-order chi connectivity index (χ1) is 7.66. The molecule has 0 aliphatic heterocycles. The van der Waals surface area contributed by atoms with E-state index in [-0.39, 0.29) is 5.78 Å². The molecule has 0 spiro atoms. The number of hydrogen-bond acceptors (Lipinski definition) is 1. The summed E-state index contributed by atoms with van der Waals surface area (Å²) in [6.07, 6.45) is 2.42. The molecule has 0 fully saturated rings. The zero-order chi connectivity index (χ0) is 11.3. The lowest BCUT2D eigenvalue weighted by molar-refractivity contribution is 0.0968. The van der Waals surface area contributed by atoms with Crippen molar-refractivity contribution in [1.29, 1.82) is 0 Å². The Morgan fingerprint density at radius 3 is 2.81 bits per heavy atom. The second-order valence-corrected chi connectivity index (χ2v) is 4.91. The van der Waals surface area contributed by atoms with Crippen LogP contribution in [0.15, 0.2) is 12.1 Å². The fraction of sp³-hybridized carbons (Fsp3) is 0.250. The van der Waals surface area contributed by atoms with Crippen LogP contribution in [-0.4, -0.2) is 10.8 Å². The van der Waals surface area contributed by atoms with Crippen molar-refractivity contribution >= 4 is 39.9 Å². The van der Waals surface area contributed by atoms with Crippen LogP contribution in [-0.2, 0) is 6.42 Å². The summed E-state index contributed by atoms with van der Waals surface area (Å²) in [6, 6.07) is 3.53. The van der Waals surface area contributed by atoms with Gasteiger partial charge in [0.15, 0.2) is 5.78 Å². The summed E-state index contributed by atoms with van der Waals surface area (Å²) in [5.41, 5.74) is 2.62. The van der Waals surface area contributed by atoms with Crippen LogP contribution >= 0.6 is 23.2 Å². The van der Waals surface area contributed by atoms with E-state index in [0.717, 1.165) is 29.3 Å². The minimum Gasteiger partial charge on any atom is -0.352 e. The van der Waals surface area contributed by atoms with Crippen LogP contribution < -0.4 is 0 Å². The first-order valence-electron chi connectivity index (χ1n) is 5.19. The number of halogens is 2. The highest BCUT2D eigenvalue weighted by Gasteiger charge is 2.23. The second-order valence-electron chi connectivity index (χ2n) is 4.07. The minimum atomic E-state index is 0.171. The molecule has 1 N–H and O–H groups in total. The Morgan fingerprint density at radius 1 is 1.19 bits per heavy atom. The lowest BCUT2D eigenvalue weighted by atomic mass is 9.95. The highest BCUT2D eigenvalue weighted by molar-refractivity contribution is 6.39. The predicted octanol–water partition coefficient (Wildman–Crippen LogP) is 3.99. The van der Waals surface area contributed by atoms with Gasteiger partial charge in [-0.1, -0.05) is 23.2 Å². The maximum absolute atomic E-state index is 11.7. The molecule has 0 atom stereocenters. The SMILES string of the molecule is O=C1CCCc2c1[nH]c1cc(Cl)cc(Cl)c21. The van der Waals surface area contributed by atoms with Gasteiger partial charge in [-0.2, -0.15) is 0 Å². The molecule has 82 valence electrons. The quantitative estimate of drug-likeness (QED) is 0.757. The van der Waals surface area contributed by atoms with Crippen LogP contribution in [0.5, 0.6) is 0 Å². The smallest absolute Gasteiger partial charge is 0.179 e. The molecule has 2 nitrogen and oxygen atoms in total. The summed E-state index contributed by atoms with van der Waals surface area (Å²) >= 11 is 12.1. The van der Waals surface area contributed by atoms with Crippen LogP contribution in [0.3, 0.4) is 0 Å². The van der Waals surface area contributed by atoms with Gasteiger partial charge in [-0.05, 0) is 30.5 Å². The van der Waals surface area contributed by atoms with E-state index in [9.17, 15) is 4.79 Å². The Balaban J connectivity index is 2.40. The molecule has 4 heteroatoms. The molecule has 1 aliphatic rings. The number of fused-ring (bicyclic) bond motifs is 3. The topological polar surface area (TPSA) is 32.9 Å². The molecule has 0 saturated heterocycles. The molecule has 16 heavy (non-hydrogen) atoms. The summed E-state index contributed by atoms with van der Waals surface area (Å²) in [4.78, 5) is 14.9. The van der Waals surface area contributed by atoms with Crippen LogP contribution in [0.25, 0.3) is 10.9 Å². The Hall–Kier alpha value is -0.990. The summed E-state index contributed by atoms with van der Waals surface area (Å²) < 4.78 is 0. The Morgan fingerprint density at radius 2 is 2.00 bits per heavy atom. The summed E-state index contributed by atoms with van der Waals surface area (Å²) in [5.74, 6) is 0.171. The van der Waals surface area contributed by atoms with E-state index in [1.807, 2.05) is 6.07 Å². The number of ketones is 1. The number of benzene rings is 1. The van der Waals surface area contributed by atoms with Crippen molar-refractivity contribution < 1.29 is 4.79 Å². The first kappa shape index (κ1) is 10.2. The lowest BCUT2D eigenvalue weighted by Gasteiger charge is -2.09. The number of aromatic nitrogens is 1. The van der Waals surface area contributed by atoms with Gasteiger partial charge in [0.05, 0.1) is 10.7 Å². The molecule has 0 unspecified atom stereocenters. The maximum atomic E-state index is 11.7. The zero-order valence-corrected chi connectivity index (χ0v) is 9.95. The summed E-state index contributed by atoms with van der Waals surface area (Å²) in [6.45, 7) is 0. The van der Waals surface area contributed by atoms with E-state index in [4.69, 9.17) is 23.2 Å². The molecule has 1 aromatic carbocycles. The van der Waals surface area contributed by atoms with Gasteiger partial charge in [0.25, 0.3) is 0 Å². The third-order valence-corrected chi connectivity index (χ3v) is 3.54. The average molecular weight is 254 g/mol. The number of nitrogens with one attached hydrogen (secondary N) is 1. The average Bonchev–Trinajstić information content (AvgIpc) is 2.57. The highest BCUT2D eigenvalue weighted by Crippen LogP contribution is 2.35. The van der Waals surface area contributed by atoms with Crippen molar-refractivity contribution in [2.75, 3.05) is 0 Å². The van der Waals surface area contributed by atoms with Crippen molar-refractivity contribution in [3.8, 4) is 0 Å². The van der Waals surface area contributed by atoms with Gasteiger partial charge in [0, 0.05) is 22.3 Å². The first-order valence-corrected chi connectivity index (χ1v) is 5.95. The fourth-order valence-electron chi connectivity index (χ4n) is 2.35. The lowest BCUT2D eigenvalue weighted by Crippen LogP contribution is -2.09. The normalized spacial score (nSPS) is 15.5. The molecule has 1 aliphatic carbocycles. The summed E-state index contributed by atoms with van der Waals surface area (Å²) in [7, 11) is 0. The van der Waals surface area contributed by atoms with Crippen molar-refractivity contribution in [2.24, 2.45) is 0 Å². The minimum absolute atomic E-state index is 0.171. The van der Waals surface area contributed by atoms with E-state index < -0.39 is 0 Å². The van der Waals surface area contributed by atoms with Gasteiger partial charge >= 0.3 is 0 Å². The number of aryl methyl sites for hydroxylation is 1. The van der Waals surface area contributed by atoms with E-state index in [1.54, 1.807) is 6.07 Å². The van der Waals surface area contributed by atoms with E-state index >= 15 is 0 Å². The third kappa shape index (κ3) is 1.37. The maximum Gasteiger partial charge on any atom is 0.179 e. The van der Waals surface area contributed by atoms with E-state index in [1.165, 1.54) is 0 Å². The van der Waals surface area contributed by atoms with Crippen LogP contribution in [0, 0.1) is 0 Å². The van der Waals surface area contributed by atoms with Crippen molar-refractivity contribution in [3.05, 3.63) is 33.4 Å². The monoisotopic (exact) mass is 253 g/mol. The van der Waals surface area contributed by atoms with Crippen molar-refractivity contribution in [2.45, 2.75) is 19.3 Å². The van der Waals surface area contributed by atoms with E-state index in [0.29, 0.717) is 22.2 Å². The molecule has 3 rings (SSSR count). The second kappa shape index (κ2) is 3.51. The molecular weight excluding hydrogens is 245 g/mol. The Labute approximate surface area is 103 Å². The zero-order valence-electron chi connectivity index (χ0n) is 8.44. The molecule has 0 saturated carbocycles. The summed E-state index contributed by atoms with van der Waals surface area (Å²) in [5, 5.41) is 2.16. The highest BCUT2D eigenvalue weighted by atomic mass is 35.5. The number of carbonyl (C=O) groups excluding carboxylic acids is 1. The number of hydrogen-bond donors (Lipinski definition) is 1. The molecule has 0 radical (unpaired) electrons. The van der Waals surface area contributed by atoms with Gasteiger partial charge < -0.3 is 4.98 Å². The number of aromatic amines is 1. The molecule has 1 heterocycles. The number of Topliss-reactive ketones (excluding diaryl/α,β-unsaturated/α-hetero) is 1. The Kier molecular flexibility index (Phi) is 2.23. The van der Waals surface area contributed by atoms with Gasteiger partial charge in [0.1, 0.15) is 0 Å². The molecule has 0 amide bonds. The standard InChI is InChI=1S/C12H9Cl2NO/c13-6-4-8(14)11-7-2-1-3-10(16)12(7)15-9(11)5-6/h4-5,15H,1-3H2. The van der Waals surface area contributed by atoms with Crippen LogP contribution in [0.1, 0.15) is 28.9 Å². The number of carbonyl (C=O) groups is 1. The predicted molar refractivity (Wildman–Crippen MR) is 65.6 cm³/mol. The molecular formula is C12H9Cl2NO. The molecule has 1 aromatic heterocycles. The number of rotatable bonds is 0. The van der Waals surface area contributed by atoms with Crippen molar-refractivity contribution in [1.82, 2.24) is 4.98 Å².